The molecule has 30 heavy (non-hydrogen) atoms. The number of carbonyl (C=O) groups is 2. The van der Waals surface area contributed by atoms with E-state index in [2.05, 4.69) is 10.1 Å². The minimum absolute atomic E-state index is 0.00338. The fraction of sp³-hybridized carbons (Fsp3) is 0.300. The Hall–Kier alpha value is -2.98. The maximum Gasteiger partial charge on any atom is 0.341 e. The predicted octanol–water partition coefficient (Wildman–Crippen LogP) is 2.36. The Labute approximate surface area is 173 Å². The lowest BCUT2D eigenvalue weighted by molar-refractivity contribution is -0.120. The summed E-state index contributed by atoms with van der Waals surface area (Å²) in [5.41, 5.74) is -0.000209. The highest BCUT2D eigenvalue weighted by Gasteiger charge is 2.32. The van der Waals surface area contributed by atoms with E-state index >= 15 is 0 Å². The SMILES string of the molecule is COC(=O)c1cccc(NC(=O)C2CCN(S(=O)(=O)c3ccc(F)cc3)CC2)c1O. The van der Waals surface area contributed by atoms with Gasteiger partial charge < -0.3 is 15.2 Å². The lowest BCUT2D eigenvalue weighted by Crippen LogP contribution is -2.41. The highest BCUT2D eigenvalue weighted by atomic mass is 32.2. The minimum Gasteiger partial charge on any atom is -0.505 e. The van der Waals surface area contributed by atoms with Crippen molar-refractivity contribution in [2.75, 3.05) is 25.5 Å². The van der Waals surface area contributed by atoms with E-state index in [-0.39, 0.29) is 48.0 Å². The first-order valence-corrected chi connectivity index (χ1v) is 10.6. The van der Waals surface area contributed by atoms with Gasteiger partial charge in [-0.25, -0.2) is 17.6 Å². The van der Waals surface area contributed by atoms with Gasteiger partial charge in [-0.2, -0.15) is 4.31 Å². The third-order valence-electron chi connectivity index (χ3n) is 4.98. The van der Waals surface area contributed by atoms with E-state index in [1.54, 1.807) is 0 Å². The van der Waals surface area contributed by atoms with E-state index in [4.69, 9.17) is 0 Å². The van der Waals surface area contributed by atoms with Gasteiger partial charge in [0.15, 0.2) is 5.75 Å². The molecular formula is C20H21FN2O6S. The highest BCUT2D eigenvalue weighted by molar-refractivity contribution is 7.89. The van der Waals surface area contributed by atoms with Gasteiger partial charge in [0.1, 0.15) is 11.4 Å². The van der Waals surface area contributed by atoms with Crippen molar-refractivity contribution in [1.82, 2.24) is 4.31 Å². The Morgan fingerprint density at radius 1 is 1.13 bits per heavy atom. The second kappa shape index (κ2) is 8.80. The van der Waals surface area contributed by atoms with Crippen molar-refractivity contribution < 1.29 is 32.2 Å². The van der Waals surface area contributed by atoms with Gasteiger partial charge in [-0.3, -0.25) is 4.79 Å². The largest absolute Gasteiger partial charge is 0.505 e. The number of sulfonamides is 1. The fourth-order valence-corrected chi connectivity index (χ4v) is 4.74. The molecule has 1 aliphatic rings. The zero-order chi connectivity index (χ0) is 21.9. The number of halogens is 1. The number of anilines is 1. The van der Waals surface area contributed by atoms with Crippen LogP contribution in [0.15, 0.2) is 47.4 Å². The number of nitrogens with one attached hydrogen (secondary N) is 1. The molecule has 160 valence electrons. The molecule has 0 saturated carbocycles. The molecule has 2 N–H and O–H groups in total. The Kier molecular flexibility index (Phi) is 6.37. The van der Waals surface area contributed by atoms with Crippen LogP contribution in [0.1, 0.15) is 23.2 Å². The number of piperidine rings is 1. The van der Waals surface area contributed by atoms with Crippen molar-refractivity contribution in [1.29, 1.82) is 0 Å². The Bertz CT molecular complexity index is 1050. The van der Waals surface area contributed by atoms with E-state index in [0.29, 0.717) is 0 Å². The van der Waals surface area contributed by atoms with Crippen LogP contribution < -0.4 is 5.32 Å². The Morgan fingerprint density at radius 2 is 1.77 bits per heavy atom. The molecule has 0 atom stereocenters. The summed E-state index contributed by atoms with van der Waals surface area (Å²) in [4.78, 5) is 24.2. The van der Waals surface area contributed by atoms with Crippen LogP contribution in [0.5, 0.6) is 5.75 Å². The van der Waals surface area contributed by atoms with E-state index < -0.39 is 33.5 Å². The summed E-state index contributed by atoms with van der Waals surface area (Å²) in [7, 11) is -2.59. The number of ether oxygens (including phenoxy) is 1. The number of hydrogen-bond acceptors (Lipinski definition) is 6. The summed E-state index contributed by atoms with van der Waals surface area (Å²) in [5, 5.41) is 12.8. The smallest absolute Gasteiger partial charge is 0.341 e. The molecule has 8 nitrogen and oxygen atoms in total. The number of phenols is 1. The number of hydrogen-bond donors (Lipinski definition) is 2. The first kappa shape index (κ1) is 21.7. The third kappa shape index (κ3) is 4.44. The van der Waals surface area contributed by atoms with Gasteiger partial charge in [-0.05, 0) is 49.2 Å². The minimum atomic E-state index is -3.77. The molecule has 2 aromatic rings. The van der Waals surface area contributed by atoms with Crippen molar-refractivity contribution in [3.63, 3.8) is 0 Å². The number of nitrogens with zero attached hydrogens (tertiary/aromatic N) is 1. The van der Waals surface area contributed by atoms with E-state index in [9.17, 15) is 27.5 Å². The topological polar surface area (TPSA) is 113 Å². The summed E-state index contributed by atoms with van der Waals surface area (Å²) < 4.78 is 44.2. The normalized spacial score (nSPS) is 15.5. The van der Waals surface area contributed by atoms with E-state index in [1.165, 1.54) is 41.7 Å². The lowest BCUT2D eigenvalue weighted by Gasteiger charge is -2.30. The molecule has 0 radical (unpaired) electrons. The van der Waals surface area contributed by atoms with Crippen molar-refractivity contribution >= 4 is 27.6 Å². The standard InChI is InChI=1S/C20H21FN2O6S/c1-29-20(26)16-3-2-4-17(18(16)24)22-19(25)13-9-11-23(12-10-13)30(27,28)15-7-5-14(21)6-8-15/h2-8,13,24H,9-12H2,1H3,(H,22,25). The second-order valence-electron chi connectivity index (χ2n) is 6.81. The highest BCUT2D eigenvalue weighted by Crippen LogP contribution is 2.30. The Morgan fingerprint density at radius 3 is 2.37 bits per heavy atom. The summed E-state index contributed by atoms with van der Waals surface area (Å²) >= 11 is 0. The fourth-order valence-electron chi connectivity index (χ4n) is 3.27. The summed E-state index contributed by atoms with van der Waals surface area (Å²) in [6, 6.07) is 8.91. The molecule has 1 amide bonds. The average molecular weight is 436 g/mol. The van der Waals surface area contributed by atoms with Crippen LogP contribution in [0.25, 0.3) is 0 Å². The van der Waals surface area contributed by atoms with Crippen LogP contribution in [-0.4, -0.2) is 49.9 Å². The van der Waals surface area contributed by atoms with Gasteiger partial charge in [-0.15, -0.1) is 0 Å². The van der Waals surface area contributed by atoms with Crippen LogP contribution in [0.2, 0.25) is 0 Å². The van der Waals surface area contributed by atoms with Gasteiger partial charge in [-0.1, -0.05) is 6.07 Å². The molecule has 1 saturated heterocycles. The molecule has 0 bridgehead atoms. The van der Waals surface area contributed by atoms with Crippen molar-refractivity contribution in [3.05, 3.63) is 53.8 Å². The van der Waals surface area contributed by atoms with Gasteiger partial charge in [0.25, 0.3) is 0 Å². The predicted molar refractivity (Wildman–Crippen MR) is 106 cm³/mol. The van der Waals surface area contributed by atoms with Gasteiger partial charge in [0.05, 0.1) is 17.7 Å². The maximum absolute atomic E-state index is 13.1. The average Bonchev–Trinajstić information content (AvgIpc) is 2.75. The van der Waals surface area contributed by atoms with Gasteiger partial charge in [0, 0.05) is 19.0 Å². The number of methoxy groups -OCH3 is 1. The molecule has 1 fully saturated rings. The molecule has 3 rings (SSSR count). The Balaban J connectivity index is 1.65. The monoisotopic (exact) mass is 436 g/mol. The van der Waals surface area contributed by atoms with Crippen molar-refractivity contribution in [3.8, 4) is 5.75 Å². The summed E-state index contributed by atoms with van der Waals surface area (Å²) in [6.07, 6.45) is 0.563. The van der Waals surface area contributed by atoms with Gasteiger partial charge >= 0.3 is 5.97 Å². The quantitative estimate of drug-likeness (QED) is 0.550. The van der Waals surface area contributed by atoms with E-state index in [1.807, 2.05) is 0 Å². The van der Waals surface area contributed by atoms with Crippen LogP contribution in [0, 0.1) is 11.7 Å². The molecule has 0 aliphatic carbocycles. The van der Waals surface area contributed by atoms with Gasteiger partial charge in [0.2, 0.25) is 15.9 Å². The van der Waals surface area contributed by atoms with Crippen LogP contribution >= 0.6 is 0 Å². The molecule has 1 aliphatic heterocycles. The number of esters is 1. The zero-order valence-corrected chi connectivity index (χ0v) is 17.0. The number of benzene rings is 2. The molecule has 1 heterocycles. The number of phenolic OH excluding ortho intramolecular Hbond substituents is 1. The number of aromatic hydroxyl groups is 1. The first-order chi connectivity index (χ1) is 14.2. The van der Waals surface area contributed by atoms with E-state index in [0.717, 1.165) is 12.1 Å². The zero-order valence-electron chi connectivity index (χ0n) is 16.2. The molecular weight excluding hydrogens is 415 g/mol. The maximum atomic E-state index is 13.1. The van der Waals surface area contributed by atoms with Crippen LogP contribution in [0.4, 0.5) is 10.1 Å². The summed E-state index contributed by atoms with van der Waals surface area (Å²) in [5.74, 6) is -2.50. The second-order valence-corrected chi connectivity index (χ2v) is 8.75. The summed E-state index contributed by atoms with van der Waals surface area (Å²) in [6.45, 7) is 0.262. The number of para-hydroxylation sites is 1. The lowest BCUT2D eigenvalue weighted by atomic mass is 9.97. The molecule has 0 spiro atoms. The third-order valence-corrected chi connectivity index (χ3v) is 6.89. The molecule has 0 unspecified atom stereocenters. The number of amides is 1. The van der Waals surface area contributed by atoms with Crippen LogP contribution in [-0.2, 0) is 19.6 Å². The number of rotatable bonds is 5. The molecule has 0 aromatic heterocycles. The molecule has 10 heteroatoms. The van der Waals surface area contributed by atoms with Crippen molar-refractivity contribution in [2.45, 2.75) is 17.7 Å². The van der Waals surface area contributed by atoms with Crippen LogP contribution in [0.3, 0.4) is 0 Å². The number of carbonyl (C=O) groups excluding carboxylic acids is 2. The first-order valence-electron chi connectivity index (χ1n) is 9.21. The van der Waals surface area contributed by atoms with Crippen molar-refractivity contribution in [2.24, 2.45) is 5.92 Å². The molecule has 2 aromatic carbocycles.